The van der Waals surface area contributed by atoms with Crippen molar-refractivity contribution in [3.8, 4) is 5.75 Å². The van der Waals surface area contributed by atoms with Crippen LogP contribution in [0, 0.1) is 5.92 Å². The van der Waals surface area contributed by atoms with E-state index in [1.807, 2.05) is 12.1 Å². The Balaban J connectivity index is 1.47. The molecule has 0 bridgehead atoms. The number of aryl methyl sites for hydroxylation is 1. The van der Waals surface area contributed by atoms with Gasteiger partial charge < -0.3 is 15.4 Å². The highest BCUT2D eigenvalue weighted by atomic mass is 16.5. The quantitative estimate of drug-likeness (QED) is 0.876. The van der Waals surface area contributed by atoms with Gasteiger partial charge in [0.05, 0.1) is 7.11 Å². The first-order valence-electron chi connectivity index (χ1n) is 8.95. The van der Waals surface area contributed by atoms with Gasteiger partial charge in [0.2, 0.25) is 0 Å². The summed E-state index contributed by atoms with van der Waals surface area (Å²) in [5, 5.41) is 0. The summed E-state index contributed by atoms with van der Waals surface area (Å²) in [6, 6.07) is 19.3. The summed E-state index contributed by atoms with van der Waals surface area (Å²) in [5.41, 5.74) is 9.16. The Morgan fingerprint density at radius 1 is 1.04 bits per heavy atom. The van der Waals surface area contributed by atoms with Crippen LogP contribution in [-0.4, -0.2) is 26.2 Å². The van der Waals surface area contributed by atoms with Gasteiger partial charge in [0.15, 0.2) is 0 Å². The summed E-state index contributed by atoms with van der Waals surface area (Å²) >= 11 is 0. The van der Waals surface area contributed by atoms with E-state index in [-0.39, 0.29) is 0 Å². The van der Waals surface area contributed by atoms with Gasteiger partial charge in [-0.05, 0) is 61.4 Å². The van der Waals surface area contributed by atoms with Crippen molar-refractivity contribution in [1.82, 2.24) is 0 Å². The van der Waals surface area contributed by atoms with E-state index in [0.717, 1.165) is 31.7 Å². The molecule has 0 radical (unpaired) electrons. The van der Waals surface area contributed by atoms with Crippen molar-refractivity contribution in [3.63, 3.8) is 0 Å². The van der Waals surface area contributed by atoms with Gasteiger partial charge in [0.1, 0.15) is 5.75 Å². The standard InChI is InChI=1S/C21H28N2O/c1-24-20-10-8-19(9-11-20)23-15-13-18(14-16-23)21(22)12-7-17-5-3-2-4-6-17/h2-6,8-11,18,21H,7,12-16,22H2,1H3. The number of methoxy groups -OCH3 is 1. The molecular weight excluding hydrogens is 296 g/mol. The minimum absolute atomic E-state index is 0.309. The van der Waals surface area contributed by atoms with Gasteiger partial charge in [-0.2, -0.15) is 0 Å². The lowest BCUT2D eigenvalue weighted by atomic mass is 9.86. The molecule has 1 heterocycles. The largest absolute Gasteiger partial charge is 0.497 e. The minimum Gasteiger partial charge on any atom is -0.497 e. The molecule has 1 aliphatic heterocycles. The Bertz CT molecular complexity index is 603. The van der Waals surface area contributed by atoms with E-state index in [0.29, 0.717) is 12.0 Å². The van der Waals surface area contributed by atoms with Crippen molar-refractivity contribution in [2.45, 2.75) is 31.7 Å². The van der Waals surface area contributed by atoms with Gasteiger partial charge in [0.25, 0.3) is 0 Å². The van der Waals surface area contributed by atoms with Crippen LogP contribution < -0.4 is 15.4 Å². The zero-order valence-electron chi connectivity index (χ0n) is 14.5. The monoisotopic (exact) mass is 324 g/mol. The molecule has 1 fully saturated rings. The van der Waals surface area contributed by atoms with E-state index in [9.17, 15) is 0 Å². The molecule has 1 aliphatic rings. The van der Waals surface area contributed by atoms with Crippen molar-refractivity contribution in [3.05, 3.63) is 60.2 Å². The highest BCUT2D eigenvalue weighted by Gasteiger charge is 2.24. The fraction of sp³-hybridized carbons (Fsp3) is 0.429. The molecule has 0 spiro atoms. The van der Waals surface area contributed by atoms with Crippen molar-refractivity contribution < 1.29 is 4.74 Å². The normalized spacial score (nSPS) is 16.8. The first-order chi connectivity index (χ1) is 11.8. The first-order valence-corrected chi connectivity index (χ1v) is 8.95. The van der Waals surface area contributed by atoms with Crippen LogP contribution >= 0.6 is 0 Å². The van der Waals surface area contributed by atoms with Crippen LogP contribution in [0.15, 0.2) is 54.6 Å². The summed E-state index contributed by atoms with van der Waals surface area (Å²) in [6.45, 7) is 2.19. The molecule has 0 aromatic heterocycles. The minimum atomic E-state index is 0.309. The number of ether oxygens (including phenoxy) is 1. The van der Waals surface area contributed by atoms with Crippen LogP contribution in [-0.2, 0) is 6.42 Å². The predicted octanol–water partition coefficient (Wildman–Crippen LogP) is 3.87. The van der Waals surface area contributed by atoms with Crippen LogP contribution in [0.1, 0.15) is 24.8 Å². The van der Waals surface area contributed by atoms with Crippen LogP contribution in [0.25, 0.3) is 0 Å². The summed E-state index contributed by atoms with van der Waals surface area (Å²) in [5.74, 6) is 1.56. The lowest BCUT2D eigenvalue weighted by molar-refractivity contribution is 0.327. The smallest absolute Gasteiger partial charge is 0.119 e. The highest BCUT2D eigenvalue weighted by Crippen LogP contribution is 2.27. The van der Waals surface area contributed by atoms with Gasteiger partial charge in [-0.15, -0.1) is 0 Å². The predicted molar refractivity (Wildman–Crippen MR) is 101 cm³/mol. The van der Waals surface area contributed by atoms with Crippen LogP contribution in [0.5, 0.6) is 5.75 Å². The maximum absolute atomic E-state index is 6.48. The molecule has 2 aromatic carbocycles. The van der Waals surface area contributed by atoms with E-state index >= 15 is 0 Å². The first kappa shape index (κ1) is 16.8. The second kappa shape index (κ2) is 8.20. The number of benzene rings is 2. The molecule has 0 amide bonds. The molecule has 2 aromatic rings. The van der Waals surface area contributed by atoms with Crippen LogP contribution in [0.2, 0.25) is 0 Å². The third-order valence-electron chi connectivity index (χ3n) is 5.19. The van der Waals surface area contributed by atoms with E-state index in [2.05, 4.69) is 47.4 Å². The van der Waals surface area contributed by atoms with Gasteiger partial charge in [-0.3, -0.25) is 0 Å². The molecule has 2 N–H and O–H groups in total. The fourth-order valence-electron chi connectivity index (χ4n) is 3.59. The second-order valence-corrected chi connectivity index (χ2v) is 6.71. The number of rotatable bonds is 6. The van der Waals surface area contributed by atoms with E-state index in [4.69, 9.17) is 10.5 Å². The average Bonchev–Trinajstić information content (AvgIpc) is 2.67. The molecule has 1 unspecified atom stereocenters. The number of nitrogens with two attached hydrogens (primary N) is 1. The molecule has 3 rings (SSSR count). The third-order valence-corrected chi connectivity index (χ3v) is 5.19. The number of piperidine rings is 1. The van der Waals surface area contributed by atoms with Crippen molar-refractivity contribution in [2.75, 3.05) is 25.1 Å². The molecule has 1 saturated heterocycles. The maximum atomic E-state index is 6.48. The molecular formula is C21H28N2O. The number of nitrogens with zero attached hydrogens (tertiary/aromatic N) is 1. The Morgan fingerprint density at radius 3 is 2.33 bits per heavy atom. The Kier molecular flexibility index (Phi) is 5.76. The molecule has 128 valence electrons. The van der Waals surface area contributed by atoms with Gasteiger partial charge in [-0.1, -0.05) is 30.3 Å². The summed E-state index contributed by atoms with van der Waals surface area (Å²) in [4.78, 5) is 2.46. The van der Waals surface area contributed by atoms with Gasteiger partial charge in [-0.25, -0.2) is 0 Å². The van der Waals surface area contributed by atoms with E-state index in [1.165, 1.54) is 24.1 Å². The van der Waals surface area contributed by atoms with Gasteiger partial charge >= 0.3 is 0 Å². The average molecular weight is 324 g/mol. The second-order valence-electron chi connectivity index (χ2n) is 6.71. The maximum Gasteiger partial charge on any atom is 0.119 e. The van der Waals surface area contributed by atoms with E-state index < -0.39 is 0 Å². The van der Waals surface area contributed by atoms with Crippen LogP contribution in [0.3, 0.4) is 0 Å². The number of hydrogen-bond acceptors (Lipinski definition) is 3. The zero-order chi connectivity index (χ0) is 16.8. The molecule has 24 heavy (non-hydrogen) atoms. The van der Waals surface area contributed by atoms with Gasteiger partial charge in [0, 0.05) is 24.8 Å². The topological polar surface area (TPSA) is 38.5 Å². The molecule has 3 nitrogen and oxygen atoms in total. The highest BCUT2D eigenvalue weighted by molar-refractivity contribution is 5.49. The lowest BCUT2D eigenvalue weighted by Crippen LogP contribution is -2.41. The number of anilines is 1. The SMILES string of the molecule is COc1ccc(N2CCC(C(N)CCc3ccccc3)CC2)cc1. The Labute approximate surface area is 145 Å². The van der Waals surface area contributed by atoms with E-state index in [1.54, 1.807) is 7.11 Å². The lowest BCUT2D eigenvalue weighted by Gasteiger charge is -2.36. The summed E-state index contributed by atoms with van der Waals surface area (Å²) < 4.78 is 5.23. The van der Waals surface area contributed by atoms with Crippen molar-refractivity contribution in [2.24, 2.45) is 11.7 Å². The number of hydrogen-bond donors (Lipinski definition) is 1. The van der Waals surface area contributed by atoms with Crippen molar-refractivity contribution in [1.29, 1.82) is 0 Å². The van der Waals surface area contributed by atoms with Crippen LogP contribution in [0.4, 0.5) is 5.69 Å². The Morgan fingerprint density at radius 2 is 1.71 bits per heavy atom. The van der Waals surface area contributed by atoms with Crippen molar-refractivity contribution >= 4 is 5.69 Å². The molecule has 0 saturated carbocycles. The summed E-state index contributed by atoms with van der Waals surface area (Å²) in [7, 11) is 1.71. The summed E-state index contributed by atoms with van der Waals surface area (Å²) in [6.07, 6.45) is 4.53. The zero-order valence-corrected chi connectivity index (χ0v) is 14.5. The third kappa shape index (κ3) is 4.30. The molecule has 0 aliphatic carbocycles. The molecule has 3 heteroatoms. The fourth-order valence-corrected chi connectivity index (χ4v) is 3.59. The molecule has 1 atom stereocenters. The Hall–Kier alpha value is -2.00.